The average molecular weight is 244 g/mol. The van der Waals surface area contributed by atoms with Crippen LogP contribution >= 0.6 is 0 Å². The van der Waals surface area contributed by atoms with E-state index in [4.69, 9.17) is 4.43 Å². The number of hydrogen-bond acceptors (Lipinski definition) is 2. The molecule has 0 unspecified atom stereocenters. The van der Waals surface area contributed by atoms with Crippen molar-refractivity contribution in [1.29, 1.82) is 0 Å². The van der Waals surface area contributed by atoms with Gasteiger partial charge in [-0.2, -0.15) is 0 Å². The van der Waals surface area contributed by atoms with E-state index >= 15 is 0 Å². The van der Waals surface area contributed by atoms with Gasteiger partial charge in [0.15, 0.2) is 8.32 Å². The highest BCUT2D eigenvalue weighted by atomic mass is 28.4. The molecule has 1 aliphatic carbocycles. The van der Waals surface area contributed by atoms with Crippen molar-refractivity contribution >= 4 is 8.32 Å². The van der Waals surface area contributed by atoms with Gasteiger partial charge in [-0.3, -0.25) is 0 Å². The molecule has 0 aromatic carbocycles. The Morgan fingerprint density at radius 3 is 2.25 bits per heavy atom. The first kappa shape index (κ1) is 14.2. The third kappa shape index (κ3) is 3.31. The Morgan fingerprint density at radius 1 is 1.19 bits per heavy atom. The van der Waals surface area contributed by atoms with Gasteiger partial charge in [0, 0.05) is 0 Å². The quantitative estimate of drug-likeness (QED) is 0.753. The molecule has 1 saturated carbocycles. The maximum atomic E-state index is 9.73. The fourth-order valence-corrected chi connectivity index (χ4v) is 3.42. The topological polar surface area (TPSA) is 29.5 Å². The second-order valence-corrected chi connectivity index (χ2v) is 11.6. The SMILES string of the molecule is C[C@@H]1CC[C@@H](O)C[C@@H]1O[Si](C)(C)C(C)(C)C. The normalized spacial score (nSPS) is 32.8. The average Bonchev–Trinajstić information content (AvgIpc) is 2.09. The van der Waals surface area contributed by atoms with Crippen LogP contribution in [0.15, 0.2) is 0 Å². The summed E-state index contributed by atoms with van der Waals surface area (Å²) in [5.74, 6) is 0.595. The van der Waals surface area contributed by atoms with Crippen LogP contribution in [-0.2, 0) is 4.43 Å². The van der Waals surface area contributed by atoms with E-state index in [9.17, 15) is 5.11 Å². The van der Waals surface area contributed by atoms with E-state index in [1.165, 1.54) is 0 Å². The Kier molecular flexibility index (Phi) is 4.25. The third-order valence-electron chi connectivity index (χ3n) is 4.35. The van der Waals surface area contributed by atoms with Gasteiger partial charge in [0.05, 0.1) is 12.2 Å². The maximum Gasteiger partial charge on any atom is 0.192 e. The van der Waals surface area contributed by atoms with Gasteiger partial charge in [-0.25, -0.2) is 0 Å². The molecule has 2 nitrogen and oxygen atoms in total. The molecule has 0 amide bonds. The van der Waals surface area contributed by atoms with Crippen LogP contribution in [0.25, 0.3) is 0 Å². The standard InChI is InChI=1S/C13H28O2Si/c1-10-7-8-11(14)9-12(10)15-16(5,6)13(2,3)4/h10-12,14H,7-9H2,1-6H3/t10-,11-,12+/m1/s1. The van der Waals surface area contributed by atoms with Gasteiger partial charge in [0.25, 0.3) is 0 Å². The number of hydrogen-bond donors (Lipinski definition) is 1. The van der Waals surface area contributed by atoms with Crippen molar-refractivity contribution < 1.29 is 9.53 Å². The van der Waals surface area contributed by atoms with E-state index in [2.05, 4.69) is 40.8 Å². The molecule has 16 heavy (non-hydrogen) atoms. The second kappa shape index (κ2) is 4.79. The molecule has 1 rings (SSSR count). The highest BCUT2D eigenvalue weighted by Gasteiger charge is 2.41. The fourth-order valence-electron chi connectivity index (χ4n) is 1.98. The largest absolute Gasteiger partial charge is 0.414 e. The number of aliphatic hydroxyl groups excluding tert-OH is 1. The van der Waals surface area contributed by atoms with Crippen LogP contribution in [0.4, 0.5) is 0 Å². The summed E-state index contributed by atoms with van der Waals surface area (Å²) in [5, 5.41) is 9.99. The van der Waals surface area contributed by atoms with Gasteiger partial charge in [-0.1, -0.05) is 27.7 Å². The lowest BCUT2D eigenvalue weighted by Gasteiger charge is -2.43. The molecule has 0 bridgehead atoms. The summed E-state index contributed by atoms with van der Waals surface area (Å²) in [7, 11) is -1.67. The van der Waals surface area contributed by atoms with E-state index in [-0.39, 0.29) is 17.2 Å². The van der Waals surface area contributed by atoms with Crippen molar-refractivity contribution in [2.75, 3.05) is 0 Å². The van der Waals surface area contributed by atoms with E-state index in [1.807, 2.05) is 0 Å². The highest BCUT2D eigenvalue weighted by molar-refractivity contribution is 6.74. The van der Waals surface area contributed by atoms with Crippen molar-refractivity contribution in [3.63, 3.8) is 0 Å². The minimum Gasteiger partial charge on any atom is -0.414 e. The predicted octanol–water partition coefficient (Wildman–Crippen LogP) is 3.56. The van der Waals surface area contributed by atoms with Crippen LogP contribution in [0.3, 0.4) is 0 Å². The van der Waals surface area contributed by atoms with Gasteiger partial charge in [0.1, 0.15) is 0 Å². The molecule has 1 N–H and O–H groups in total. The van der Waals surface area contributed by atoms with Gasteiger partial charge in [-0.05, 0) is 43.3 Å². The molecule has 3 atom stereocenters. The summed E-state index contributed by atoms with van der Waals surface area (Å²) < 4.78 is 6.40. The number of rotatable bonds is 2. The van der Waals surface area contributed by atoms with Gasteiger partial charge < -0.3 is 9.53 Å². The molecule has 1 fully saturated rings. The zero-order valence-electron chi connectivity index (χ0n) is 11.7. The molecule has 3 heteroatoms. The van der Waals surface area contributed by atoms with E-state index in [1.54, 1.807) is 0 Å². The smallest absolute Gasteiger partial charge is 0.192 e. The lowest BCUT2D eigenvalue weighted by molar-refractivity contribution is 0.0142. The summed E-state index contributed by atoms with van der Waals surface area (Å²) in [4.78, 5) is 0. The van der Waals surface area contributed by atoms with Crippen LogP contribution < -0.4 is 0 Å². The van der Waals surface area contributed by atoms with Crippen LogP contribution in [0, 0.1) is 5.92 Å². The van der Waals surface area contributed by atoms with Gasteiger partial charge in [0.2, 0.25) is 0 Å². The molecular formula is C13H28O2Si. The summed E-state index contributed by atoms with van der Waals surface area (Å²) in [5.41, 5.74) is 0. The van der Waals surface area contributed by atoms with E-state index in [0.29, 0.717) is 5.92 Å². The first-order valence-corrected chi connectivity index (χ1v) is 9.40. The Bertz CT molecular complexity index is 233. The summed E-state index contributed by atoms with van der Waals surface area (Å²) in [6.45, 7) is 13.6. The molecule has 0 heterocycles. The Hall–Kier alpha value is 0.137. The molecule has 96 valence electrons. The lowest BCUT2D eigenvalue weighted by Crippen LogP contribution is -2.47. The molecule has 0 spiro atoms. The van der Waals surface area contributed by atoms with Crippen LogP contribution in [0.5, 0.6) is 0 Å². The molecule has 1 aliphatic rings. The Balaban J connectivity index is 2.65. The first-order chi connectivity index (χ1) is 7.13. The van der Waals surface area contributed by atoms with Crippen LogP contribution in [-0.4, -0.2) is 25.6 Å². The molecule has 0 aromatic heterocycles. The highest BCUT2D eigenvalue weighted by Crippen LogP contribution is 2.40. The van der Waals surface area contributed by atoms with E-state index < -0.39 is 8.32 Å². The summed E-state index contributed by atoms with van der Waals surface area (Å²) >= 11 is 0. The molecular weight excluding hydrogens is 216 g/mol. The molecule has 0 aromatic rings. The second-order valence-electron chi connectivity index (χ2n) is 6.86. The minimum absolute atomic E-state index is 0.147. The predicted molar refractivity (Wildman–Crippen MR) is 71.1 cm³/mol. The Morgan fingerprint density at radius 2 is 1.75 bits per heavy atom. The zero-order valence-corrected chi connectivity index (χ0v) is 12.7. The zero-order chi connectivity index (χ0) is 12.6. The molecule has 0 aliphatic heterocycles. The van der Waals surface area contributed by atoms with Crippen molar-refractivity contribution in [1.82, 2.24) is 0 Å². The lowest BCUT2D eigenvalue weighted by atomic mass is 9.86. The molecule has 0 saturated heterocycles. The Labute approximate surface area is 102 Å². The summed E-state index contributed by atoms with van der Waals surface area (Å²) in [6, 6.07) is 0. The van der Waals surface area contributed by atoms with Crippen molar-refractivity contribution in [3.8, 4) is 0 Å². The van der Waals surface area contributed by atoms with E-state index in [0.717, 1.165) is 19.3 Å². The van der Waals surface area contributed by atoms with Crippen molar-refractivity contribution in [3.05, 3.63) is 0 Å². The maximum absolute atomic E-state index is 9.73. The fraction of sp³-hybridized carbons (Fsp3) is 1.00. The van der Waals surface area contributed by atoms with Crippen LogP contribution in [0.2, 0.25) is 18.1 Å². The monoisotopic (exact) mass is 244 g/mol. The van der Waals surface area contributed by atoms with Crippen molar-refractivity contribution in [2.45, 2.75) is 77.3 Å². The van der Waals surface area contributed by atoms with Crippen molar-refractivity contribution in [2.24, 2.45) is 5.92 Å². The number of aliphatic hydroxyl groups is 1. The minimum atomic E-state index is -1.67. The summed E-state index contributed by atoms with van der Waals surface area (Å²) in [6.07, 6.45) is 2.99. The molecule has 0 radical (unpaired) electrons. The first-order valence-electron chi connectivity index (χ1n) is 6.49. The van der Waals surface area contributed by atoms with Gasteiger partial charge >= 0.3 is 0 Å². The van der Waals surface area contributed by atoms with Gasteiger partial charge in [-0.15, -0.1) is 0 Å². The van der Waals surface area contributed by atoms with Crippen LogP contribution in [0.1, 0.15) is 47.0 Å². The third-order valence-corrected chi connectivity index (χ3v) is 8.85.